The molecule has 0 saturated heterocycles. The predicted molar refractivity (Wildman–Crippen MR) is 501 cm³/mol. The normalized spacial score (nSPS) is 12.8. The minimum Gasteiger partial charge on any atom is -0.485 e. The van der Waals surface area contributed by atoms with Crippen LogP contribution in [0.3, 0.4) is 0 Å². The smallest absolute Gasteiger partial charge is 0.339 e. The van der Waals surface area contributed by atoms with E-state index < -0.39 is 70.7 Å². The number of methoxy groups -OCH3 is 3. The summed E-state index contributed by atoms with van der Waals surface area (Å²) in [5, 5.41) is 31.3. The first-order chi connectivity index (χ1) is 60.6. The van der Waals surface area contributed by atoms with Crippen LogP contribution in [0.1, 0.15) is 233 Å². The molecular weight excluding hydrogens is 1630 g/mol. The summed E-state index contributed by atoms with van der Waals surface area (Å²) in [6, 6.07) is 32.4. The molecule has 2 aliphatic rings. The third-order valence-electron chi connectivity index (χ3n) is 21.8. The van der Waals surface area contributed by atoms with E-state index in [0.717, 1.165) is 146 Å². The van der Waals surface area contributed by atoms with Gasteiger partial charge in [0.25, 0.3) is 0 Å². The molecule has 26 nitrogen and oxygen atoms in total. The zero-order valence-corrected chi connectivity index (χ0v) is 80.5. The number of anilines is 1. The van der Waals surface area contributed by atoms with Crippen LogP contribution in [-0.2, 0) is 65.5 Å². The van der Waals surface area contributed by atoms with Gasteiger partial charge in [0, 0.05) is 43.9 Å². The molecule has 0 bridgehead atoms. The lowest BCUT2D eigenvalue weighted by Crippen LogP contribution is -2.30. The number of fused-ring (bicyclic) bond motifs is 6. The van der Waals surface area contributed by atoms with Crippen molar-refractivity contribution in [1.82, 2.24) is 30.0 Å². The summed E-state index contributed by atoms with van der Waals surface area (Å²) in [5.41, 5.74) is 39.4. The van der Waals surface area contributed by atoms with Gasteiger partial charge >= 0.3 is 23.9 Å². The molecule has 10 aromatic rings. The average Bonchev–Trinajstić information content (AvgIpc) is 1.67. The Balaban J connectivity index is 0.000000194. The molecule has 2 aromatic heterocycles. The molecule has 0 spiro atoms. The number of esters is 3. The van der Waals surface area contributed by atoms with E-state index >= 15 is 0 Å². The second-order valence-corrected chi connectivity index (χ2v) is 36.0. The first-order valence-electron chi connectivity index (χ1n) is 42.7. The highest BCUT2D eigenvalue weighted by atomic mass is 16.6. The minimum atomic E-state index is -1.16. The second kappa shape index (κ2) is 41.5. The van der Waals surface area contributed by atoms with Gasteiger partial charge < -0.3 is 62.9 Å². The monoisotopic (exact) mass is 1760 g/mol. The Morgan fingerprint density at radius 3 is 1.03 bits per heavy atom. The lowest BCUT2D eigenvalue weighted by atomic mass is 9.86. The van der Waals surface area contributed by atoms with Crippen LogP contribution in [0, 0.1) is 121 Å². The number of azide groups is 1. The number of carbonyl (C=O) groups excluding carboxylic acids is 3. The lowest BCUT2D eigenvalue weighted by molar-refractivity contribution is -0.164. The van der Waals surface area contributed by atoms with Crippen LogP contribution in [0.25, 0.3) is 66.3 Å². The fourth-order valence-corrected chi connectivity index (χ4v) is 15.8. The van der Waals surface area contributed by atoms with Gasteiger partial charge in [0.2, 0.25) is 0 Å². The molecule has 0 saturated carbocycles. The Labute approximate surface area is 758 Å². The number of aryl methyl sites for hydroxylation is 6. The molecule has 129 heavy (non-hydrogen) atoms. The summed E-state index contributed by atoms with van der Waals surface area (Å²) >= 11 is 0. The summed E-state index contributed by atoms with van der Waals surface area (Å²) in [6.45, 7) is 54.5. The van der Waals surface area contributed by atoms with Gasteiger partial charge in [-0.3, -0.25) is 0 Å². The van der Waals surface area contributed by atoms with Crippen molar-refractivity contribution in [2.75, 3.05) is 40.3 Å². The van der Waals surface area contributed by atoms with Gasteiger partial charge in [-0.15, -0.1) is 22.0 Å². The maximum atomic E-state index is 13.1. The van der Waals surface area contributed by atoms with E-state index in [9.17, 15) is 29.8 Å². The summed E-state index contributed by atoms with van der Waals surface area (Å²) in [6.07, 6.45) is -4.07. The van der Waals surface area contributed by atoms with Crippen molar-refractivity contribution in [3.05, 3.63) is 219 Å². The van der Waals surface area contributed by atoms with Crippen LogP contribution in [-0.4, -0.2) is 116 Å². The number of rotatable bonds is 21. The maximum absolute atomic E-state index is 13.1. The van der Waals surface area contributed by atoms with Gasteiger partial charge in [-0.2, -0.15) is 0 Å². The maximum Gasteiger partial charge on any atom is 0.339 e. The van der Waals surface area contributed by atoms with Crippen LogP contribution in [0.4, 0.5) is 11.4 Å². The number of ether oxygens (including phenoxy) is 11. The summed E-state index contributed by atoms with van der Waals surface area (Å²) in [7, 11) is 4.07. The summed E-state index contributed by atoms with van der Waals surface area (Å²) in [4.78, 5) is 54.4. The topological polar surface area (TPSA) is 326 Å². The van der Waals surface area contributed by atoms with Crippen LogP contribution < -0.4 is 24.7 Å². The van der Waals surface area contributed by atoms with Crippen molar-refractivity contribution >= 4 is 35.3 Å². The Morgan fingerprint density at radius 2 is 0.729 bits per heavy atom. The number of benzene rings is 8. The molecule has 8 aromatic carbocycles. The molecule has 12 rings (SSSR count). The average molecular weight is 1760 g/mol. The van der Waals surface area contributed by atoms with Crippen molar-refractivity contribution < 1.29 is 76.4 Å². The number of aromatic nitrogens is 6. The Kier molecular flexibility index (Phi) is 32.2. The van der Waals surface area contributed by atoms with Crippen molar-refractivity contribution in [1.29, 1.82) is 0 Å². The number of hydrogen-bond donors (Lipinski definition) is 2. The number of nitrogen functional groups attached to an aromatic ring is 1. The van der Waals surface area contributed by atoms with Crippen molar-refractivity contribution in [2.24, 2.45) is 5.11 Å². The zero-order chi connectivity index (χ0) is 95.5. The Hall–Kier alpha value is -12.8. The van der Waals surface area contributed by atoms with Crippen LogP contribution in [0.2, 0.25) is 0 Å². The second-order valence-electron chi connectivity index (χ2n) is 36.0. The van der Waals surface area contributed by atoms with Crippen LogP contribution in [0.5, 0.6) is 23.0 Å². The van der Waals surface area contributed by atoms with Crippen LogP contribution in [0.15, 0.2) is 102 Å². The van der Waals surface area contributed by atoms with Gasteiger partial charge in [0.05, 0.1) is 66.5 Å². The number of hydrogen-bond acceptors (Lipinski definition) is 21. The van der Waals surface area contributed by atoms with Crippen LogP contribution >= 0.6 is 0 Å². The predicted octanol–water partition coefficient (Wildman–Crippen LogP) is 22.0. The highest BCUT2D eigenvalue weighted by Crippen LogP contribution is 2.53. The minimum absolute atomic E-state index is 0.135. The van der Waals surface area contributed by atoms with E-state index in [2.05, 4.69) is 78.6 Å². The molecule has 4 atom stereocenters. The highest BCUT2D eigenvalue weighted by Gasteiger charge is 2.42. The molecule has 2 aliphatic heterocycles. The lowest BCUT2D eigenvalue weighted by Gasteiger charge is -2.32. The van der Waals surface area contributed by atoms with Gasteiger partial charge in [0.1, 0.15) is 72.2 Å². The van der Waals surface area contributed by atoms with Gasteiger partial charge in [-0.05, 0) is 272 Å². The Bertz CT molecular complexity index is 6030. The molecule has 682 valence electrons. The largest absolute Gasteiger partial charge is 0.485 e. The van der Waals surface area contributed by atoms with E-state index in [4.69, 9.17) is 57.8 Å². The standard InChI is InChI=1S/2C26H31N3O4.C26H33NO4.C25H29N3O4/c1-14-9-11-18(12-10-14)20-16(3)23-22(29-19(13-32-23)17(4)27-28-29)15(2)21(20)24(25(30)31-8)33-26(5,6)7;1-9-10-15-32-23-18(4)20(19-13-11-16(2)12-14-19)21(17(3)22(23)28-29-27)24(25(30)31-8)33-26(5,6)7;1-9-10-15-30-23-18(4)20(19-13-11-16(2)12-14-19)21(17(3)22(23)27)24(25(28)29-8)31-26(5,6)7;1-13-8-10-17(11-9-13)19-15(3)22-21(28-18(12-31-22)16(4)26-27-28)14(2)20(19)23(24(29)30)32-25(5,6)7/h9-12,24H,13H2,1-8H3;11-14,24H,15H2,1-8H3;11-14,24H,15,27H2,1-8H3;8-11,23H,12H2,1-7H3,(H,29,30)/t3*24-;23-/m0000/s1. The van der Waals surface area contributed by atoms with E-state index in [-0.39, 0.29) is 13.2 Å². The molecule has 0 amide bonds. The van der Waals surface area contributed by atoms with Crippen molar-refractivity contribution in [3.63, 3.8) is 0 Å². The van der Waals surface area contributed by atoms with E-state index in [1.165, 1.54) is 21.3 Å². The Morgan fingerprint density at radius 1 is 0.442 bits per heavy atom. The number of nitrogens with zero attached hydrogens (tertiary/aromatic N) is 9. The summed E-state index contributed by atoms with van der Waals surface area (Å²) in [5.74, 6) is 11.3. The third kappa shape index (κ3) is 22.8. The molecule has 0 unspecified atom stereocenters. The third-order valence-corrected chi connectivity index (χ3v) is 21.8. The SMILES string of the molecule is CC#CCOc1c(C)c(-c2ccc(C)cc2)c([C@H](OC(C)(C)C)C(=O)OC)c(C)c1N.CC#CCOc1c(C)c(-c2ccc(C)cc2)c([C@H](OC(C)(C)C)C(=O)OC)c(C)c1N=[N+]=[N-].COC(=O)[C@@H](OC(C)(C)C)c1c(C)c2c(c(C)c1-c1ccc(C)cc1)OCc1c(C)nnn1-2.Cc1ccc(-c2c(C)c3c(c(C)c2[C@H](OC(C)(C)C)C(=O)O)-n2nnc(C)c2CO3)cc1. The highest BCUT2D eigenvalue weighted by molar-refractivity contribution is 5.92. The fourth-order valence-electron chi connectivity index (χ4n) is 15.8. The zero-order valence-electron chi connectivity index (χ0n) is 80.5. The van der Waals surface area contributed by atoms with Crippen molar-refractivity contribution in [3.8, 4) is 103 Å². The van der Waals surface area contributed by atoms with Gasteiger partial charge in [-0.25, -0.2) is 28.5 Å². The quantitative estimate of drug-likeness (QED) is 0.0128. The van der Waals surface area contributed by atoms with E-state index in [1.54, 1.807) is 25.5 Å². The fraction of sp³-hybridized carbons (Fsp3) is 0.417. The number of nitrogens with two attached hydrogens (primary N) is 1. The molecule has 4 heterocycles. The molecular formula is C103H124N10O16. The number of carbonyl (C=O) groups is 4. The van der Waals surface area contributed by atoms with Gasteiger partial charge in [-0.1, -0.05) is 147 Å². The first kappa shape index (κ1) is 100.0. The molecule has 0 fully saturated rings. The summed E-state index contributed by atoms with van der Waals surface area (Å²) < 4.78 is 68.2. The first-order valence-corrected chi connectivity index (χ1v) is 42.7. The van der Waals surface area contributed by atoms with E-state index in [1.807, 2.05) is 251 Å². The van der Waals surface area contributed by atoms with Crippen molar-refractivity contribution in [2.45, 2.75) is 254 Å². The van der Waals surface area contributed by atoms with E-state index in [0.29, 0.717) is 69.7 Å². The molecule has 3 N–H and O–H groups in total. The molecule has 26 heteroatoms. The molecule has 0 aliphatic carbocycles. The number of carboxylic acid groups (broad SMARTS) is 1. The number of carboxylic acids is 1. The van der Waals surface area contributed by atoms with Gasteiger partial charge in [0.15, 0.2) is 24.4 Å². The number of aliphatic carboxylic acids is 1. The molecule has 0 radical (unpaired) electrons.